The highest BCUT2D eigenvalue weighted by atomic mass is 16.5. The second-order valence-corrected chi connectivity index (χ2v) is 9.25. The van der Waals surface area contributed by atoms with Gasteiger partial charge in [0.2, 0.25) is 0 Å². The van der Waals surface area contributed by atoms with Crippen LogP contribution in [0.1, 0.15) is 23.6 Å². The van der Waals surface area contributed by atoms with E-state index in [9.17, 15) is 0 Å². The van der Waals surface area contributed by atoms with Crippen molar-refractivity contribution in [2.75, 3.05) is 6.61 Å². The fourth-order valence-electron chi connectivity index (χ4n) is 5.81. The lowest BCUT2D eigenvalue weighted by Crippen LogP contribution is -2.33. The third kappa shape index (κ3) is 2.73. The van der Waals surface area contributed by atoms with Gasteiger partial charge in [-0.05, 0) is 69.4 Å². The van der Waals surface area contributed by atoms with Crippen molar-refractivity contribution in [2.24, 2.45) is 0 Å². The van der Waals surface area contributed by atoms with E-state index in [0.717, 1.165) is 38.8 Å². The summed E-state index contributed by atoms with van der Waals surface area (Å²) >= 11 is 0. The van der Waals surface area contributed by atoms with Gasteiger partial charge in [-0.3, -0.25) is 0 Å². The summed E-state index contributed by atoms with van der Waals surface area (Å²) in [5.74, 6) is 4.02. The maximum atomic E-state index is 7.12. The average molecular weight is 451 g/mol. The maximum Gasteiger partial charge on any atom is 0.179 e. The zero-order valence-electron chi connectivity index (χ0n) is 19.3. The molecule has 35 heavy (non-hydrogen) atoms. The molecule has 0 saturated carbocycles. The number of ether oxygens (including phenoxy) is 2. The second kappa shape index (κ2) is 7.26. The molecule has 0 saturated heterocycles. The molecule has 1 unspecified atom stereocenters. The maximum absolute atomic E-state index is 7.12. The van der Waals surface area contributed by atoms with Gasteiger partial charge in [0.25, 0.3) is 0 Å². The van der Waals surface area contributed by atoms with Gasteiger partial charge in [-0.15, -0.1) is 6.42 Å². The highest BCUT2D eigenvalue weighted by molar-refractivity contribution is 6.01. The summed E-state index contributed by atoms with van der Waals surface area (Å²) in [6, 6.07) is 32.0. The molecular formula is C33H22O2. The minimum absolute atomic E-state index is 0.182. The normalized spacial score (nSPS) is 17.3. The highest BCUT2D eigenvalue weighted by Gasteiger charge is 2.47. The molecule has 2 nitrogen and oxygen atoms in total. The first kappa shape index (κ1) is 19.9. The average Bonchev–Trinajstić information content (AvgIpc) is 3.14. The molecule has 0 aromatic heterocycles. The van der Waals surface area contributed by atoms with Crippen LogP contribution in [0.25, 0.3) is 38.2 Å². The fourth-order valence-corrected chi connectivity index (χ4v) is 5.81. The van der Waals surface area contributed by atoms with E-state index in [4.69, 9.17) is 15.9 Å². The number of hydrogen-bond acceptors (Lipinski definition) is 2. The first-order chi connectivity index (χ1) is 17.2. The van der Waals surface area contributed by atoms with Crippen molar-refractivity contribution in [1.82, 2.24) is 0 Å². The Hall–Kier alpha value is -4.48. The second-order valence-electron chi connectivity index (χ2n) is 9.25. The summed E-state index contributed by atoms with van der Waals surface area (Å²) < 4.78 is 13.2. The molecule has 0 radical (unpaired) electrons. The first-order valence-electron chi connectivity index (χ1n) is 11.8. The Labute approximate surface area is 204 Å². The van der Waals surface area contributed by atoms with E-state index in [1.165, 1.54) is 21.9 Å². The Kier molecular flexibility index (Phi) is 4.13. The lowest BCUT2D eigenvalue weighted by Gasteiger charge is -2.36. The summed E-state index contributed by atoms with van der Waals surface area (Å²) in [6.07, 6.45) is 7.84. The van der Waals surface area contributed by atoms with E-state index in [0.29, 0.717) is 5.75 Å². The van der Waals surface area contributed by atoms with Gasteiger partial charge >= 0.3 is 0 Å². The van der Waals surface area contributed by atoms with Crippen molar-refractivity contribution in [3.63, 3.8) is 0 Å². The molecule has 2 heteroatoms. The number of fused-ring (bicyclic) bond motifs is 9. The molecule has 2 aliphatic rings. The van der Waals surface area contributed by atoms with E-state index in [1.54, 1.807) is 0 Å². The molecule has 1 heterocycles. The quantitative estimate of drug-likeness (QED) is 0.256. The summed E-state index contributed by atoms with van der Waals surface area (Å²) in [6.45, 7) is 2.35. The molecular weight excluding hydrogens is 428 g/mol. The molecule has 1 spiro atoms. The van der Waals surface area contributed by atoms with E-state index >= 15 is 0 Å². The molecule has 5 aromatic carbocycles. The zero-order valence-corrected chi connectivity index (χ0v) is 19.3. The number of terminal acetylenes is 1. The van der Waals surface area contributed by atoms with Crippen molar-refractivity contribution in [1.29, 1.82) is 0 Å². The van der Waals surface area contributed by atoms with E-state index < -0.39 is 5.60 Å². The van der Waals surface area contributed by atoms with Crippen LogP contribution >= 0.6 is 0 Å². The van der Waals surface area contributed by atoms with Gasteiger partial charge in [0.05, 0.1) is 0 Å². The molecule has 5 aromatic rings. The minimum Gasteiger partial charge on any atom is -0.477 e. The molecule has 0 amide bonds. The Morgan fingerprint density at radius 2 is 1.51 bits per heavy atom. The molecule has 0 N–H and O–H groups in total. The van der Waals surface area contributed by atoms with E-state index in [-0.39, 0.29) is 6.61 Å². The number of hydrogen-bond donors (Lipinski definition) is 0. The van der Waals surface area contributed by atoms with Gasteiger partial charge < -0.3 is 9.47 Å². The predicted molar refractivity (Wildman–Crippen MR) is 143 cm³/mol. The van der Waals surface area contributed by atoms with Crippen LogP contribution in [0.5, 0.6) is 11.5 Å². The lowest BCUT2D eigenvalue weighted by atomic mass is 9.83. The van der Waals surface area contributed by atoms with Crippen molar-refractivity contribution in [3.05, 3.63) is 114 Å². The standard InChI is InChI=1S/C33H22O2/c1-3-16-34-30-19-24-12-6-7-13-25(24)31-21(2)20-33(35-32(30)31)28-15-9-8-14-26(28)27-17-22-10-4-5-11-23(22)18-29(27)33/h1,4-15,17-20H,16H2,2H3. The summed E-state index contributed by atoms with van der Waals surface area (Å²) in [4.78, 5) is 0. The molecule has 7 rings (SSSR count). The molecule has 1 aliphatic carbocycles. The molecule has 0 bridgehead atoms. The third-order valence-corrected chi connectivity index (χ3v) is 7.26. The highest BCUT2D eigenvalue weighted by Crippen LogP contribution is 2.57. The van der Waals surface area contributed by atoms with Crippen LogP contribution in [0, 0.1) is 12.3 Å². The van der Waals surface area contributed by atoms with E-state index in [1.807, 2.05) is 12.1 Å². The van der Waals surface area contributed by atoms with Crippen LogP contribution in [-0.2, 0) is 5.60 Å². The molecule has 1 aliphatic heterocycles. The Morgan fingerprint density at radius 1 is 0.800 bits per heavy atom. The summed E-state index contributed by atoms with van der Waals surface area (Å²) in [7, 11) is 0. The Balaban J connectivity index is 1.56. The largest absolute Gasteiger partial charge is 0.477 e. The van der Waals surface area contributed by atoms with Gasteiger partial charge in [-0.1, -0.05) is 78.7 Å². The third-order valence-electron chi connectivity index (χ3n) is 7.26. The first-order valence-corrected chi connectivity index (χ1v) is 11.8. The van der Waals surface area contributed by atoms with Crippen molar-refractivity contribution in [3.8, 4) is 35.0 Å². The van der Waals surface area contributed by atoms with Crippen LogP contribution in [0.15, 0.2) is 97.1 Å². The zero-order chi connectivity index (χ0) is 23.6. The van der Waals surface area contributed by atoms with Crippen LogP contribution in [0.3, 0.4) is 0 Å². The summed E-state index contributed by atoms with van der Waals surface area (Å²) in [5, 5.41) is 4.66. The lowest BCUT2D eigenvalue weighted by molar-refractivity contribution is 0.157. The monoisotopic (exact) mass is 450 g/mol. The number of allylic oxidation sites excluding steroid dienone is 1. The van der Waals surface area contributed by atoms with E-state index in [2.05, 4.69) is 97.8 Å². The van der Waals surface area contributed by atoms with Crippen molar-refractivity contribution in [2.45, 2.75) is 12.5 Å². The molecule has 166 valence electrons. The van der Waals surface area contributed by atoms with Crippen molar-refractivity contribution >= 4 is 27.1 Å². The topological polar surface area (TPSA) is 18.5 Å². The predicted octanol–water partition coefficient (Wildman–Crippen LogP) is 7.72. The molecule has 1 atom stereocenters. The van der Waals surface area contributed by atoms with Gasteiger partial charge in [0.15, 0.2) is 17.1 Å². The minimum atomic E-state index is -0.746. The van der Waals surface area contributed by atoms with Crippen LogP contribution in [-0.4, -0.2) is 6.61 Å². The van der Waals surface area contributed by atoms with Crippen LogP contribution in [0.2, 0.25) is 0 Å². The van der Waals surface area contributed by atoms with Crippen LogP contribution in [0.4, 0.5) is 0 Å². The van der Waals surface area contributed by atoms with Crippen LogP contribution < -0.4 is 9.47 Å². The van der Waals surface area contributed by atoms with Gasteiger partial charge in [-0.25, -0.2) is 0 Å². The van der Waals surface area contributed by atoms with Gasteiger partial charge in [0, 0.05) is 16.7 Å². The number of benzene rings is 5. The van der Waals surface area contributed by atoms with Gasteiger partial charge in [-0.2, -0.15) is 0 Å². The number of rotatable bonds is 2. The summed E-state index contributed by atoms with van der Waals surface area (Å²) in [5.41, 5.74) is 6.18. The van der Waals surface area contributed by atoms with Gasteiger partial charge in [0.1, 0.15) is 6.61 Å². The Bertz CT molecular complexity index is 1750. The Morgan fingerprint density at radius 3 is 2.34 bits per heavy atom. The smallest absolute Gasteiger partial charge is 0.179 e. The fraction of sp³-hybridized carbons (Fsp3) is 0.0909. The van der Waals surface area contributed by atoms with Crippen molar-refractivity contribution < 1.29 is 9.47 Å². The SMILES string of the molecule is C#CCOc1cc2ccccc2c2c1OC1(C=C2C)c2ccccc2-c2cc3ccccc3cc21. The molecule has 0 fully saturated rings.